The molecule has 0 radical (unpaired) electrons. The third kappa shape index (κ3) is 2.62. The van der Waals surface area contributed by atoms with Crippen LogP contribution in [0.3, 0.4) is 0 Å². The molecule has 0 fully saturated rings. The zero-order valence-corrected chi connectivity index (χ0v) is 14.3. The van der Waals surface area contributed by atoms with Gasteiger partial charge in [-0.25, -0.2) is 0 Å². The van der Waals surface area contributed by atoms with Crippen LogP contribution in [-0.4, -0.2) is 8.67 Å². The highest BCUT2D eigenvalue weighted by molar-refractivity contribution is 6.70. The van der Waals surface area contributed by atoms with Gasteiger partial charge in [0.15, 0.2) is 8.67 Å². The van der Waals surface area contributed by atoms with E-state index in [4.69, 9.17) is 81.2 Å². The molecule has 0 saturated heterocycles. The smallest absolute Gasteiger partial charge is 0.0898 e. The predicted molar refractivity (Wildman–Crippen MR) is 86.8 cm³/mol. The van der Waals surface area contributed by atoms with Gasteiger partial charge in [0.25, 0.3) is 0 Å². The maximum atomic E-state index is 6.27. The van der Waals surface area contributed by atoms with Gasteiger partial charge in [0, 0.05) is 5.57 Å². The zero-order chi connectivity index (χ0) is 14.4. The molecule has 0 nitrogen and oxygen atoms in total. The van der Waals surface area contributed by atoms with E-state index in [-0.39, 0.29) is 15.1 Å². The Labute approximate surface area is 145 Å². The maximum absolute atomic E-state index is 6.27. The second-order valence-electron chi connectivity index (χ2n) is 3.83. The van der Waals surface area contributed by atoms with E-state index in [2.05, 4.69) is 0 Å². The number of hydrogen-bond acceptors (Lipinski definition) is 0. The fourth-order valence-electron chi connectivity index (χ4n) is 1.69. The molecule has 0 atom stereocenters. The molecule has 19 heavy (non-hydrogen) atoms. The highest BCUT2D eigenvalue weighted by Crippen LogP contribution is 2.59. The van der Waals surface area contributed by atoms with Gasteiger partial charge in [-0.1, -0.05) is 112 Å². The quantitative estimate of drug-likeness (QED) is 0.463. The lowest BCUT2D eigenvalue weighted by Crippen LogP contribution is -2.31. The van der Waals surface area contributed by atoms with Crippen molar-refractivity contribution in [1.29, 1.82) is 0 Å². The first kappa shape index (κ1) is 16.1. The van der Waals surface area contributed by atoms with Gasteiger partial charge >= 0.3 is 0 Å². The molecule has 1 aromatic rings. The summed E-state index contributed by atoms with van der Waals surface area (Å²) >= 11 is 43.1. The van der Waals surface area contributed by atoms with E-state index in [1.165, 1.54) is 0 Å². The van der Waals surface area contributed by atoms with Crippen LogP contribution >= 0.6 is 81.2 Å². The number of halogens is 7. The standard InChI is InChI=1S/C12H5Cl7/c13-8-7(6-4-2-1-3-5-6)11(16,17)9(14)10(15)12(8,18)19/h1-5H. The van der Waals surface area contributed by atoms with Crippen molar-refractivity contribution >= 4 is 86.8 Å². The minimum Gasteiger partial charge on any atom is -0.0898 e. The van der Waals surface area contributed by atoms with Crippen LogP contribution in [0.25, 0.3) is 5.57 Å². The molecule has 0 unspecified atom stereocenters. The molecule has 102 valence electrons. The van der Waals surface area contributed by atoms with Crippen LogP contribution < -0.4 is 0 Å². The van der Waals surface area contributed by atoms with E-state index in [1.54, 1.807) is 24.3 Å². The molecule has 0 heterocycles. The van der Waals surface area contributed by atoms with Gasteiger partial charge in [-0.2, -0.15) is 0 Å². The van der Waals surface area contributed by atoms with Crippen molar-refractivity contribution in [2.75, 3.05) is 0 Å². The van der Waals surface area contributed by atoms with Crippen molar-refractivity contribution in [3.05, 3.63) is 51.0 Å². The Morgan fingerprint density at radius 2 is 1.11 bits per heavy atom. The molecule has 0 spiro atoms. The monoisotopic (exact) mass is 394 g/mol. The number of allylic oxidation sites excluding steroid dienone is 4. The predicted octanol–water partition coefficient (Wildman–Crippen LogP) is 6.69. The topological polar surface area (TPSA) is 0 Å². The Balaban J connectivity index is 2.74. The fraction of sp³-hybridized carbons (Fsp3) is 0.167. The third-order valence-corrected chi connectivity index (χ3v) is 6.22. The number of benzene rings is 1. The van der Waals surface area contributed by atoms with Crippen molar-refractivity contribution in [1.82, 2.24) is 0 Å². The van der Waals surface area contributed by atoms with Crippen LogP contribution in [0, 0.1) is 0 Å². The minimum absolute atomic E-state index is 0.0291. The molecule has 0 amide bonds. The molecule has 0 N–H and O–H groups in total. The lowest BCUT2D eigenvalue weighted by Gasteiger charge is -2.35. The SMILES string of the molecule is ClC1=C(Cl)C(Cl)(Cl)C(c2ccccc2)=C(Cl)C1(Cl)Cl. The lowest BCUT2D eigenvalue weighted by atomic mass is 9.96. The molecule has 2 rings (SSSR count). The number of alkyl halides is 4. The van der Waals surface area contributed by atoms with Crippen molar-refractivity contribution in [3.8, 4) is 0 Å². The average Bonchev–Trinajstić information content (AvgIpc) is 2.36. The maximum Gasteiger partial charge on any atom is 0.190 e. The summed E-state index contributed by atoms with van der Waals surface area (Å²) in [7, 11) is 0. The first-order valence-electron chi connectivity index (χ1n) is 4.98. The van der Waals surface area contributed by atoms with Crippen LogP contribution in [-0.2, 0) is 0 Å². The van der Waals surface area contributed by atoms with Crippen LogP contribution in [0.4, 0.5) is 0 Å². The van der Waals surface area contributed by atoms with Crippen LogP contribution in [0.1, 0.15) is 5.56 Å². The van der Waals surface area contributed by atoms with E-state index < -0.39 is 8.67 Å². The molecular weight excluding hydrogens is 392 g/mol. The van der Waals surface area contributed by atoms with Gasteiger partial charge in [-0.15, -0.1) is 0 Å². The molecule has 0 aliphatic heterocycles. The summed E-state index contributed by atoms with van der Waals surface area (Å²) in [5.41, 5.74) is 0.975. The molecular formula is C12H5Cl7. The molecule has 0 saturated carbocycles. The summed E-state index contributed by atoms with van der Waals surface area (Å²) in [6.07, 6.45) is 0. The van der Waals surface area contributed by atoms with E-state index >= 15 is 0 Å². The van der Waals surface area contributed by atoms with Gasteiger partial charge in [-0.05, 0) is 5.56 Å². The molecule has 7 heteroatoms. The minimum atomic E-state index is -1.67. The fourth-order valence-corrected chi connectivity index (χ4v) is 3.82. The highest BCUT2D eigenvalue weighted by Gasteiger charge is 2.50. The summed E-state index contributed by atoms with van der Waals surface area (Å²) in [5, 5.41) is -0.139. The van der Waals surface area contributed by atoms with Crippen molar-refractivity contribution in [2.24, 2.45) is 0 Å². The van der Waals surface area contributed by atoms with Gasteiger partial charge in [-0.3, -0.25) is 0 Å². The van der Waals surface area contributed by atoms with Crippen LogP contribution in [0.15, 0.2) is 45.4 Å². The normalized spacial score (nSPS) is 21.8. The molecule has 1 aliphatic rings. The van der Waals surface area contributed by atoms with Crippen LogP contribution in [0.5, 0.6) is 0 Å². The molecule has 0 bridgehead atoms. The summed E-state index contributed by atoms with van der Waals surface area (Å²) < 4.78 is -3.27. The van der Waals surface area contributed by atoms with Gasteiger partial charge in [0.1, 0.15) is 0 Å². The highest BCUT2D eigenvalue weighted by atomic mass is 35.5. The Hall–Kier alpha value is 0.730. The Kier molecular flexibility index (Phi) is 4.66. The van der Waals surface area contributed by atoms with Crippen molar-refractivity contribution in [2.45, 2.75) is 8.67 Å². The van der Waals surface area contributed by atoms with E-state index in [0.717, 1.165) is 0 Å². The lowest BCUT2D eigenvalue weighted by molar-refractivity contribution is 1.07. The molecule has 1 aliphatic carbocycles. The summed E-state index contributed by atoms with van der Waals surface area (Å²) in [6, 6.07) is 8.97. The molecule has 1 aromatic carbocycles. The van der Waals surface area contributed by atoms with E-state index in [0.29, 0.717) is 11.1 Å². The van der Waals surface area contributed by atoms with Gasteiger partial charge in [0.2, 0.25) is 0 Å². The Morgan fingerprint density at radius 3 is 1.63 bits per heavy atom. The van der Waals surface area contributed by atoms with Crippen molar-refractivity contribution < 1.29 is 0 Å². The van der Waals surface area contributed by atoms with Gasteiger partial charge < -0.3 is 0 Å². The average molecular weight is 397 g/mol. The second kappa shape index (κ2) is 5.50. The van der Waals surface area contributed by atoms with E-state index in [9.17, 15) is 0 Å². The first-order chi connectivity index (χ1) is 8.70. The largest absolute Gasteiger partial charge is 0.190 e. The summed E-state index contributed by atoms with van der Waals surface area (Å²) in [5.74, 6) is 0. The number of hydrogen-bond donors (Lipinski definition) is 0. The number of rotatable bonds is 1. The van der Waals surface area contributed by atoms with E-state index in [1.807, 2.05) is 6.07 Å². The third-order valence-electron chi connectivity index (χ3n) is 2.62. The van der Waals surface area contributed by atoms with Crippen molar-refractivity contribution in [3.63, 3.8) is 0 Å². The first-order valence-corrected chi connectivity index (χ1v) is 7.63. The summed E-state index contributed by atoms with van der Waals surface area (Å²) in [4.78, 5) is 0. The second-order valence-corrected chi connectivity index (χ2v) is 7.62. The Bertz CT molecular complexity index is 569. The van der Waals surface area contributed by atoms with Gasteiger partial charge in [0.05, 0.1) is 15.1 Å². The Morgan fingerprint density at radius 1 is 0.632 bits per heavy atom. The zero-order valence-electron chi connectivity index (χ0n) is 9.03. The summed E-state index contributed by atoms with van der Waals surface area (Å²) in [6.45, 7) is 0. The van der Waals surface area contributed by atoms with Crippen LogP contribution in [0.2, 0.25) is 0 Å². The molecule has 0 aromatic heterocycles.